The highest BCUT2D eigenvalue weighted by Gasteiger charge is 2.48. The first-order chi connectivity index (χ1) is 18.9. The van der Waals surface area contributed by atoms with E-state index >= 15 is 0 Å². The van der Waals surface area contributed by atoms with Crippen molar-refractivity contribution in [3.63, 3.8) is 0 Å². The van der Waals surface area contributed by atoms with Crippen LogP contribution in [0.25, 0.3) is 0 Å². The normalized spacial score (nSPS) is 23.4. The van der Waals surface area contributed by atoms with Crippen LogP contribution < -0.4 is 0 Å². The molecule has 0 unspecified atom stereocenters. The van der Waals surface area contributed by atoms with E-state index in [1.807, 2.05) is 67.6 Å². The Morgan fingerprint density at radius 2 is 1.41 bits per heavy atom. The lowest BCUT2D eigenvalue weighted by molar-refractivity contribution is -0.315. The highest BCUT2D eigenvalue weighted by molar-refractivity contribution is 7.86. The third kappa shape index (κ3) is 8.06. The molecule has 1 aliphatic heterocycles. The molecule has 0 spiro atoms. The molecule has 208 valence electrons. The van der Waals surface area contributed by atoms with Gasteiger partial charge in [-0.05, 0) is 30.2 Å². The van der Waals surface area contributed by atoms with Gasteiger partial charge in [0.2, 0.25) is 0 Å². The summed E-state index contributed by atoms with van der Waals surface area (Å²) in [5.74, 6) is 0. The Morgan fingerprint density at radius 1 is 0.846 bits per heavy atom. The maximum absolute atomic E-state index is 12.9. The van der Waals surface area contributed by atoms with E-state index in [2.05, 4.69) is 6.58 Å². The summed E-state index contributed by atoms with van der Waals surface area (Å²) < 4.78 is 55.3. The van der Waals surface area contributed by atoms with Crippen molar-refractivity contribution in [1.82, 2.24) is 0 Å². The van der Waals surface area contributed by atoms with Crippen LogP contribution >= 0.6 is 0 Å². The Hall–Kier alpha value is -2.89. The third-order valence-corrected chi connectivity index (χ3v) is 7.56. The third-order valence-electron chi connectivity index (χ3n) is 6.26. The molecule has 0 aliphatic carbocycles. The van der Waals surface area contributed by atoms with Crippen LogP contribution in [0.1, 0.15) is 16.7 Å². The molecule has 1 aliphatic rings. The molecule has 0 radical (unpaired) electrons. The number of rotatable bonds is 13. The van der Waals surface area contributed by atoms with E-state index in [4.69, 9.17) is 23.1 Å². The molecule has 3 aromatic rings. The molecular weight excluding hydrogens is 520 g/mol. The van der Waals surface area contributed by atoms with Gasteiger partial charge in [-0.2, -0.15) is 8.42 Å². The summed E-state index contributed by atoms with van der Waals surface area (Å²) in [4.78, 5) is 0.0229. The van der Waals surface area contributed by atoms with Gasteiger partial charge < -0.3 is 24.1 Å². The summed E-state index contributed by atoms with van der Waals surface area (Å²) in [6.45, 7) is 5.64. The summed E-state index contributed by atoms with van der Waals surface area (Å²) in [6, 6.07) is 25.3. The van der Waals surface area contributed by atoms with Crippen LogP contribution in [0.5, 0.6) is 0 Å². The minimum absolute atomic E-state index is 0.0229. The maximum atomic E-state index is 12.9. The van der Waals surface area contributed by atoms with Gasteiger partial charge in [0.25, 0.3) is 10.1 Å². The molecule has 3 aromatic carbocycles. The van der Waals surface area contributed by atoms with Gasteiger partial charge in [-0.15, -0.1) is 6.58 Å². The second-order valence-electron chi connectivity index (χ2n) is 9.23. The van der Waals surface area contributed by atoms with Crippen molar-refractivity contribution in [1.29, 1.82) is 0 Å². The summed E-state index contributed by atoms with van der Waals surface area (Å²) in [5, 5.41) is 11.5. The largest absolute Gasteiger partial charge is 0.387 e. The Kier molecular flexibility index (Phi) is 10.4. The summed E-state index contributed by atoms with van der Waals surface area (Å²) in [7, 11) is -4.08. The monoisotopic (exact) mass is 554 g/mol. The van der Waals surface area contributed by atoms with Gasteiger partial charge in [0.05, 0.1) is 31.3 Å². The van der Waals surface area contributed by atoms with Gasteiger partial charge in [0.15, 0.2) is 6.29 Å². The van der Waals surface area contributed by atoms with Crippen LogP contribution in [-0.2, 0) is 46.5 Å². The van der Waals surface area contributed by atoms with Gasteiger partial charge in [-0.25, -0.2) is 0 Å². The quantitative estimate of drug-likeness (QED) is 0.248. The van der Waals surface area contributed by atoms with Gasteiger partial charge in [-0.1, -0.05) is 84.4 Å². The van der Waals surface area contributed by atoms with E-state index in [1.54, 1.807) is 18.2 Å². The number of aliphatic hydroxyl groups is 1. The number of aryl methyl sites for hydroxylation is 1. The minimum Gasteiger partial charge on any atom is -0.387 e. The molecule has 8 nitrogen and oxygen atoms in total. The molecule has 0 aromatic heterocycles. The molecule has 1 saturated heterocycles. The van der Waals surface area contributed by atoms with Crippen molar-refractivity contribution in [2.45, 2.75) is 55.7 Å². The zero-order chi connectivity index (χ0) is 27.7. The second kappa shape index (κ2) is 14.0. The van der Waals surface area contributed by atoms with Crippen molar-refractivity contribution >= 4 is 10.1 Å². The average molecular weight is 555 g/mol. The molecule has 0 bridgehead atoms. The van der Waals surface area contributed by atoms with Crippen molar-refractivity contribution < 1.29 is 36.7 Å². The number of hydrogen-bond acceptors (Lipinski definition) is 8. The minimum atomic E-state index is -4.08. The van der Waals surface area contributed by atoms with E-state index in [-0.39, 0.29) is 24.7 Å². The first-order valence-corrected chi connectivity index (χ1v) is 14.1. The van der Waals surface area contributed by atoms with Crippen LogP contribution in [0, 0.1) is 6.92 Å². The molecule has 0 saturated carbocycles. The fraction of sp³-hybridized carbons (Fsp3) is 0.333. The predicted molar refractivity (Wildman–Crippen MR) is 145 cm³/mol. The van der Waals surface area contributed by atoms with E-state index in [1.165, 1.54) is 12.1 Å². The van der Waals surface area contributed by atoms with Crippen molar-refractivity contribution in [2.24, 2.45) is 0 Å². The second-order valence-corrected chi connectivity index (χ2v) is 10.8. The lowest BCUT2D eigenvalue weighted by Gasteiger charge is -2.43. The Morgan fingerprint density at radius 3 is 1.97 bits per heavy atom. The van der Waals surface area contributed by atoms with E-state index in [0.717, 1.165) is 16.7 Å². The van der Waals surface area contributed by atoms with Crippen molar-refractivity contribution in [3.05, 3.63) is 114 Å². The highest BCUT2D eigenvalue weighted by atomic mass is 32.2. The number of benzene rings is 3. The summed E-state index contributed by atoms with van der Waals surface area (Å²) in [5.41, 5.74) is 2.71. The molecule has 1 fully saturated rings. The van der Waals surface area contributed by atoms with Crippen molar-refractivity contribution in [3.8, 4) is 0 Å². The zero-order valence-electron chi connectivity index (χ0n) is 21.8. The molecule has 0 amide bonds. The van der Waals surface area contributed by atoms with Crippen LogP contribution in [0.2, 0.25) is 0 Å². The summed E-state index contributed by atoms with van der Waals surface area (Å²) in [6.07, 6.45) is -3.55. The van der Waals surface area contributed by atoms with Gasteiger partial charge >= 0.3 is 0 Å². The maximum Gasteiger partial charge on any atom is 0.297 e. The Balaban J connectivity index is 1.54. The van der Waals surface area contributed by atoms with Crippen molar-refractivity contribution in [2.75, 3.05) is 13.2 Å². The van der Waals surface area contributed by atoms with Gasteiger partial charge in [0, 0.05) is 0 Å². The Labute approximate surface area is 229 Å². The molecule has 1 heterocycles. The highest BCUT2D eigenvalue weighted by Crippen LogP contribution is 2.29. The number of aliphatic hydroxyl groups excluding tert-OH is 1. The molecule has 9 heteroatoms. The van der Waals surface area contributed by atoms with E-state index in [9.17, 15) is 13.5 Å². The fourth-order valence-electron chi connectivity index (χ4n) is 4.17. The smallest absolute Gasteiger partial charge is 0.297 e. The van der Waals surface area contributed by atoms with Gasteiger partial charge in [-0.3, -0.25) is 4.18 Å². The molecular formula is C30H34O8S. The Bertz CT molecular complexity index is 1270. The van der Waals surface area contributed by atoms with Crippen LogP contribution in [-0.4, -0.2) is 57.4 Å². The first-order valence-electron chi connectivity index (χ1n) is 12.7. The molecule has 1 N–H and O–H groups in total. The lowest BCUT2D eigenvalue weighted by Crippen LogP contribution is -2.61. The zero-order valence-corrected chi connectivity index (χ0v) is 22.6. The number of hydrogen-bond donors (Lipinski definition) is 1. The molecule has 39 heavy (non-hydrogen) atoms. The topological polar surface area (TPSA) is 101 Å². The lowest BCUT2D eigenvalue weighted by atomic mass is 9.98. The van der Waals surface area contributed by atoms with Crippen LogP contribution in [0.4, 0.5) is 0 Å². The average Bonchev–Trinajstić information content (AvgIpc) is 2.95. The SMILES string of the molecule is C=CCO[C@H]1O[C@H](COS(=O)(=O)c2ccc(C)cc2)[C@@H](OCc2ccccc2)[C@H](O)[C@@H]1OCc1ccccc1. The van der Waals surface area contributed by atoms with Crippen LogP contribution in [0.15, 0.2) is 102 Å². The van der Waals surface area contributed by atoms with E-state index in [0.29, 0.717) is 0 Å². The predicted octanol–water partition coefficient (Wildman–Crippen LogP) is 4.16. The standard InChI is InChI=1S/C30H34O8S/c1-3-18-34-30-29(36-20-24-12-8-5-9-13-24)27(31)28(35-19-23-10-6-4-7-11-23)26(38-30)21-37-39(32,33)25-16-14-22(2)15-17-25/h3-17,26-31H,1,18-21H2,2H3/t26-,27+,28-,29+,30+/m1/s1. The fourth-order valence-corrected chi connectivity index (χ4v) is 5.09. The van der Waals surface area contributed by atoms with E-state index < -0.39 is 47.4 Å². The van der Waals surface area contributed by atoms with Gasteiger partial charge in [0.1, 0.15) is 24.4 Å². The summed E-state index contributed by atoms with van der Waals surface area (Å²) >= 11 is 0. The molecule has 5 atom stereocenters. The number of ether oxygens (including phenoxy) is 4. The first kappa shape index (κ1) is 29.1. The van der Waals surface area contributed by atoms with Crippen LogP contribution in [0.3, 0.4) is 0 Å². The molecule has 4 rings (SSSR count).